The molecule has 3 aliphatic heterocycles. The van der Waals surface area contributed by atoms with Gasteiger partial charge in [0.2, 0.25) is 5.28 Å². The first-order chi connectivity index (χ1) is 13.3. The van der Waals surface area contributed by atoms with Gasteiger partial charge in [0.1, 0.15) is 12.0 Å². The third-order valence-electron chi connectivity index (χ3n) is 5.28. The standard InChI is InChI=1S/C17H16ClN9/c18-17-20-8-15-26(17)14-6-2-1-4-11(14)16-21-10-25(27(15)16)24-9-13(22-23-24)12-5-3-7-19-12/h1-2,4,6,8-10,12,16,19H,3,5,7H2. The van der Waals surface area contributed by atoms with Gasteiger partial charge in [0.05, 0.1) is 24.1 Å². The molecule has 2 aromatic heterocycles. The minimum absolute atomic E-state index is 0.196. The van der Waals surface area contributed by atoms with E-state index in [0.29, 0.717) is 5.28 Å². The van der Waals surface area contributed by atoms with Gasteiger partial charge in [-0.25, -0.2) is 15.0 Å². The van der Waals surface area contributed by atoms with Gasteiger partial charge in [-0.05, 0) is 42.3 Å². The molecule has 9 nitrogen and oxygen atoms in total. The number of nitrogens with one attached hydrogen (secondary N) is 1. The summed E-state index contributed by atoms with van der Waals surface area (Å²) in [6.45, 7) is 1.02. The molecule has 0 amide bonds. The highest BCUT2D eigenvalue weighted by Gasteiger charge is 2.40. The van der Waals surface area contributed by atoms with Crippen LogP contribution in [0.2, 0.25) is 5.28 Å². The van der Waals surface area contributed by atoms with Gasteiger partial charge in [-0.2, -0.15) is 5.12 Å². The van der Waals surface area contributed by atoms with Crippen LogP contribution in [0.5, 0.6) is 0 Å². The summed E-state index contributed by atoms with van der Waals surface area (Å²) in [6, 6.07) is 8.34. The Labute approximate surface area is 159 Å². The number of hydrogen-bond donors (Lipinski definition) is 1. The van der Waals surface area contributed by atoms with E-state index in [4.69, 9.17) is 16.6 Å². The van der Waals surface area contributed by atoms with Crippen LogP contribution in [0.4, 0.5) is 5.82 Å². The molecule has 0 spiro atoms. The third kappa shape index (κ3) is 2.09. The molecule has 0 saturated carbocycles. The predicted molar refractivity (Wildman–Crippen MR) is 101 cm³/mol. The Morgan fingerprint density at radius 1 is 1.22 bits per heavy atom. The smallest absolute Gasteiger partial charge is 0.209 e. The molecular formula is C17H16ClN9. The number of halogens is 1. The second-order valence-electron chi connectivity index (χ2n) is 6.80. The number of benzene rings is 1. The number of fused-ring (bicyclic) bond motifs is 6. The first kappa shape index (κ1) is 15.2. The molecule has 1 fully saturated rings. The fourth-order valence-electron chi connectivity index (χ4n) is 4.03. The number of para-hydroxylation sites is 1. The zero-order valence-electron chi connectivity index (χ0n) is 14.3. The van der Waals surface area contributed by atoms with Gasteiger partial charge in [-0.1, -0.05) is 18.2 Å². The predicted octanol–water partition coefficient (Wildman–Crippen LogP) is 1.96. The average molecular weight is 382 g/mol. The van der Waals surface area contributed by atoms with Gasteiger partial charge in [0.15, 0.2) is 12.0 Å². The van der Waals surface area contributed by atoms with Crippen molar-refractivity contribution in [3.63, 3.8) is 0 Å². The minimum Gasteiger partial charge on any atom is -0.309 e. The van der Waals surface area contributed by atoms with E-state index >= 15 is 0 Å². The van der Waals surface area contributed by atoms with E-state index in [1.165, 1.54) is 0 Å². The molecular weight excluding hydrogens is 366 g/mol. The van der Waals surface area contributed by atoms with Crippen LogP contribution in [0, 0.1) is 0 Å². The van der Waals surface area contributed by atoms with Gasteiger partial charge in [-0.3, -0.25) is 4.57 Å². The van der Waals surface area contributed by atoms with Crippen molar-refractivity contribution in [3.05, 3.63) is 53.2 Å². The first-order valence-electron chi connectivity index (χ1n) is 8.91. The third-order valence-corrected chi connectivity index (χ3v) is 5.55. The number of rotatable bonds is 2. The molecule has 2 unspecified atom stereocenters. The van der Waals surface area contributed by atoms with Crippen LogP contribution in [-0.4, -0.2) is 37.5 Å². The van der Waals surface area contributed by atoms with Crippen LogP contribution in [0.25, 0.3) is 5.69 Å². The molecule has 1 aromatic carbocycles. The molecule has 3 aromatic rings. The van der Waals surface area contributed by atoms with E-state index in [2.05, 4.69) is 26.7 Å². The number of hydrazine groups is 1. The Hall–Kier alpha value is -2.91. The van der Waals surface area contributed by atoms with Crippen molar-refractivity contribution in [2.75, 3.05) is 16.7 Å². The zero-order valence-corrected chi connectivity index (χ0v) is 15.0. The quantitative estimate of drug-likeness (QED) is 0.731. The summed E-state index contributed by atoms with van der Waals surface area (Å²) in [5.41, 5.74) is 2.99. The second-order valence-corrected chi connectivity index (χ2v) is 7.13. The Bertz CT molecular complexity index is 1050. The fourth-order valence-corrected chi connectivity index (χ4v) is 4.25. The van der Waals surface area contributed by atoms with Crippen molar-refractivity contribution in [2.45, 2.75) is 25.0 Å². The van der Waals surface area contributed by atoms with E-state index in [1.807, 2.05) is 39.1 Å². The summed E-state index contributed by atoms with van der Waals surface area (Å²) in [5, 5.41) is 16.4. The fraction of sp³-hybridized carbons (Fsp3) is 0.294. The number of anilines is 1. The van der Waals surface area contributed by atoms with E-state index in [0.717, 1.165) is 42.1 Å². The van der Waals surface area contributed by atoms with Crippen molar-refractivity contribution in [1.82, 2.24) is 30.0 Å². The molecule has 2 atom stereocenters. The highest BCUT2D eigenvalue weighted by Crippen LogP contribution is 2.42. The highest BCUT2D eigenvalue weighted by atomic mass is 35.5. The van der Waals surface area contributed by atoms with Crippen molar-refractivity contribution < 1.29 is 0 Å². The van der Waals surface area contributed by atoms with Crippen LogP contribution in [-0.2, 0) is 0 Å². The number of hydrogen-bond acceptors (Lipinski definition) is 7. The lowest BCUT2D eigenvalue weighted by molar-refractivity contribution is 0.541. The molecule has 0 bridgehead atoms. The van der Waals surface area contributed by atoms with Crippen LogP contribution >= 0.6 is 11.6 Å². The molecule has 0 aliphatic carbocycles. The van der Waals surface area contributed by atoms with Gasteiger partial charge < -0.3 is 5.32 Å². The lowest BCUT2D eigenvalue weighted by atomic mass is 10.1. The summed E-state index contributed by atoms with van der Waals surface area (Å²) >= 11 is 6.38. The summed E-state index contributed by atoms with van der Waals surface area (Å²) in [6.07, 6.45) is 7.50. The first-order valence-corrected chi connectivity index (χ1v) is 9.29. The van der Waals surface area contributed by atoms with Crippen LogP contribution in [0.3, 0.4) is 0 Å². The second kappa shape index (κ2) is 5.54. The van der Waals surface area contributed by atoms with Crippen molar-refractivity contribution >= 4 is 23.8 Å². The summed E-state index contributed by atoms with van der Waals surface area (Å²) < 4.78 is 1.92. The van der Waals surface area contributed by atoms with E-state index in [9.17, 15) is 0 Å². The van der Waals surface area contributed by atoms with E-state index in [-0.39, 0.29) is 12.2 Å². The van der Waals surface area contributed by atoms with Gasteiger partial charge in [0.25, 0.3) is 0 Å². The Balaban J connectivity index is 1.44. The van der Waals surface area contributed by atoms with Crippen LogP contribution < -0.4 is 15.4 Å². The SMILES string of the molecule is Clc1ncc2n1-c1ccccc1C1N=CN(n3cc(C4CCCN4)nn3)N21. The largest absolute Gasteiger partial charge is 0.309 e. The van der Waals surface area contributed by atoms with E-state index < -0.39 is 0 Å². The number of aliphatic imine (C=N–C) groups is 1. The van der Waals surface area contributed by atoms with Crippen molar-refractivity contribution in [2.24, 2.45) is 4.99 Å². The molecule has 1 saturated heterocycles. The molecule has 6 rings (SSSR count). The maximum absolute atomic E-state index is 6.38. The summed E-state index contributed by atoms with van der Waals surface area (Å²) in [5.74, 6) is 0.831. The maximum atomic E-state index is 6.38. The van der Waals surface area contributed by atoms with Crippen molar-refractivity contribution in [1.29, 1.82) is 0 Å². The van der Waals surface area contributed by atoms with E-state index in [1.54, 1.807) is 17.3 Å². The number of aromatic nitrogens is 5. The zero-order chi connectivity index (χ0) is 18.0. The maximum Gasteiger partial charge on any atom is 0.209 e. The topological polar surface area (TPSA) is 79.4 Å². The Morgan fingerprint density at radius 3 is 3.04 bits per heavy atom. The summed E-state index contributed by atoms with van der Waals surface area (Å²) in [4.78, 5) is 10.7. The highest BCUT2D eigenvalue weighted by molar-refractivity contribution is 6.29. The molecule has 0 radical (unpaired) electrons. The Kier molecular flexibility index (Phi) is 3.12. The van der Waals surface area contributed by atoms with Crippen LogP contribution in [0.1, 0.15) is 36.3 Å². The summed E-state index contributed by atoms with van der Waals surface area (Å²) in [7, 11) is 0. The van der Waals surface area contributed by atoms with Gasteiger partial charge >= 0.3 is 0 Å². The number of imidazole rings is 1. The minimum atomic E-state index is -0.196. The van der Waals surface area contributed by atoms with Gasteiger partial charge in [-0.15, -0.1) is 9.89 Å². The Morgan fingerprint density at radius 2 is 2.15 bits per heavy atom. The molecule has 5 heterocycles. The monoisotopic (exact) mass is 381 g/mol. The molecule has 3 aliphatic rings. The molecule has 1 N–H and O–H groups in total. The van der Waals surface area contributed by atoms with Crippen LogP contribution in [0.15, 0.2) is 41.7 Å². The normalized spacial score (nSPS) is 22.9. The lowest BCUT2D eigenvalue weighted by Crippen LogP contribution is -2.49. The van der Waals surface area contributed by atoms with Gasteiger partial charge in [0, 0.05) is 5.56 Å². The molecule has 27 heavy (non-hydrogen) atoms. The van der Waals surface area contributed by atoms with Crippen molar-refractivity contribution in [3.8, 4) is 5.69 Å². The molecule has 136 valence electrons. The lowest BCUT2D eigenvalue weighted by Gasteiger charge is -2.36. The number of nitrogens with zero attached hydrogens (tertiary/aromatic N) is 8. The average Bonchev–Trinajstić information content (AvgIpc) is 3.46. The molecule has 10 heteroatoms.